The van der Waals surface area contributed by atoms with Crippen molar-refractivity contribution in [2.75, 3.05) is 13.1 Å². The summed E-state index contributed by atoms with van der Waals surface area (Å²) >= 11 is 0. The summed E-state index contributed by atoms with van der Waals surface area (Å²) in [7, 11) is 0. The van der Waals surface area contributed by atoms with Gasteiger partial charge in [0, 0.05) is 25.2 Å². The minimum atomic E-state index is -1.06. The van der Waals surface area contributed by atoms with Crippen molar-refractivity contribution in [3.8, 4) is 28.7 Å². The Morgan fingerprint density at radius 3 is 2.12 bits per heavy atom. The van der Waals surface area contributed by atoms with Crippen LogP contribution < -0.4 is 16.0 Å². The third-order valence-electron chi connectivity index (χ3n) is 6.08. The Morgan fingerprint density at radius 1 is 0.732 bits per heavy atom. The van der Waals surface area contributed by atoms with Crippen LogP contribution in [0, 0.1) is 0 Å². The molecule has 0 aliphatic rings. The first kappa shape index (κ1) is 30.4. The van der Waals surface area contributed by atoms with E-state index in [1.807, 2.05) is 30.3 Å². The molecule has 0 aromatic heterocycles. The van der Waals surface area contributed by atoms with Crippen LogP contribution in [-0.2, 0) is 22.6 Å². The summed E-state index contributed by atoms with van der Waals surface area (Å²) < 4.78 is 5.16. The number of alkyl carbamates (subject to hydrolysis) is 1. The molecule has 0 heterocycles. The van der Waals surface area contributed by atoms with Crippen LogP contribution in [0.1, 0.15) is 40.7 Å². The number of amides is 3. The number of carbonyl (C=O) groups excluding carboxylic acids is 3. The van der Waals surface area contributed by atoms with Gasteiger partial charge < -0.3 is 46.2 Å². The molecule has 12 nitrogen and oxygen atoms in total. The van der Waals surface area contributed by atoms with E-state index in [1.165, 1.54) is 12.1 Å². The Kier molecular flexibility index (Phi) is 11.0. The second-order valence-electron chi connectivity index (χ2n) is 9.23. The summed E-state index contributed by atoms with van der Waals surface area (Å²) in [4.78, 5) is 37.7. The summed E-state index contributed by atoms with van der Waals surface area (Å²) in [5.74, 6) is -3.78. The van der Waals surface area contributed by atoms with E-state index < -0.39 is 46.8 Å². The zero-order chi connectivity index (χ0) is 29.8. The highest BCUT2D eigenvalue weighted by Crippen LogP contribution is 2.32. The molecular weight excluding hydrogens is 534 g/mol. The first-order chi connectivity index (χ1) is 19.6. The fourth-order valence-corrected chi connectivity index (χ4v) is 3.95. The predicted molar refractivity (Wildman–Crippen MR) is 148 cm³/mol. The van der Waals surface area contributed by atoms with Crippen LogP contribution >= 0.6 is 0 Å². The Morgan fingerprint density at radius 2 is 1.44 bits per heavy atom. The van der Waals surface area contributed by atoms with Gasteiger partial charge in [0.2, 0.25) is 5.91 Å². The lowest BCUT2D eigenvalue weighted by Gasteiger charge is -2.19. The molecule has 0 saturated carbocycles. The van der Waals surface area contributed by atoms with Crippen LogP contribution in [0.2, 0.25) is 0 Å². The lowest BCUT2D eigenvalue weighted by Crippen LogP contribution is -2.47. The van der Waals surface area contributed by atoms with Crippen molar-refractivity contribution < 1.29 is 44.7 Å². The van der Waals surface area contributed by atoms with Crippen molar-refractivity contribution in [3.05, 3.63) is 77.4 Å². The molecule has 3 aromatic carbocycles. The van der Waals surface area contributed by atoms with Crippen molar-refractivity contribution in [1.82, 2.24) is 16.0 Å². The molecule has 41 heavy (non-hydrogen) atoms. The van der Waals surface area contributed by atoms with E-state index in [1.54, 1.807) is 6.07 Å². The number of carbonyl (C=O) groups is 3. The first-order valence-corrected chi connectivity index (χ1v) is 12.9. The van der Waals surface area contributed by atoms with Gasteiger partial charge in [-0.3, -0.25) is 9.59 Å². The zero-order valence-corrected chi connectivity index (χ0v) is 22.2. The fraction of sp³-hybridized carbons (Fsp3) is 0.276. The third-order valence-corrected chi connectivity index (χ3v) is 6.08. The minimum absolute atomic E-state index is 0.127. The maximum absolute atomic E-state index is 13.0. The molecule has 0 aliphatic heterocycles. The van der Waals surface area contributed by atoms with Gasteiger partial charge in [0.1, 0.15) is 35.5 Å². The molecule has 0 saturated heterocycles. The quantitative estimate of drug-likeness (QED) is 0.113. The van der Waals surface area contributed by atoms with Crippen LogP contribution in [0.3, 0.4) is 0 Å². The number of ether oxygens (including phenoxy) is 1. The van der Waals surface area contributed by atoms with E-state index in [0.29, 0.717) is 24.8 Å². The van der Waals surface area contributed by atoms with Gasteiger partial charge in [-0.05, 0) is 48.9 Å². The van der Waals surface area contributed by atoms with E-state index in [4.69, 9.17) is 4.74 Å². The van der Waals surface area contributed by atoms with Crippen LogP contribution in [0.25, 0.3) is 0 Å². The summed E-state index contributed by atoms with van der Waals surface area (Å²) in [6.07, 6.45) is 0.779. The van der Waals surface area contributed by atoms with Crippen molar-refractivity contribution in [3.63, 3.8) is 0 Å². The summed E-state index contributed by atoms with van der Waals surface area (Å²) in [6, 6.07) is 14.2. The largest absolute Gasteiger partial charge is 0.508 e. The molecule has 3 amide bonds. The normalized spacial score (nSPS) is 11.3. The standard InChI is InChI=1S/C29H33N3O9/c33-20-15-24(36)26(25(37)16-20)28(39)32-21(27(38)30-13-11-18-9-10-22(34)23(35)14-18)8-4-5-12-31-29(40)41-17-19-6-2-1-3-7-19/h1-3,6-7,9-10,14-16,21,33-37H,4-5,8,11-13,17H2,(H,30,38)(H,31,40)(H,32,39)/t21-/m0/s1. The molecule has 0 unspecified atom stereocenters. The van der Waals surface area contributed by atoms with Crippen molar-refractivity contribution in [2.24, 2.45) is 0 Å². The fourth-order valence-electron chi connectivity index (χ4n) is 3.95. The average molecular weight is 568 g/mol. The molecule has 0 fully saturated rings. The Hall–Kier alpha value is -5.13. The highest BCUT2D eigenvalue weighted by Gasteiger charge is 2.25. The van der Waals surface area contributed by atoms with Crippen LogP contribution in [0.5, 0.6) is 28.7 Å². The molecule has 1 atom stereocenters. The summed E-state index contributed by atoms with van der Waals surface area (Å²) in [5.41, 5.74) is 1.01. The Balaban J connectivity index is 1.54. The van der Waals surface area contributed by atoms with Gasteiger partial charge in [0.25, 0.3) is 5.91 Å². The van der Waals surface area contributed by atoms with E-state index in [-0.39, 0.29) is 37.6 Å². The molecule has 0 aliphatic carbocycles. The van der Waals surface area contributed by atoms with E-state index >= 15 is 0 Å². The minimum Gasteiger partial charge on any atom is -0.508 e. The SMILES string of the molecule is O=C(NCCCC[C@H](NC(=O)c1c(O)cc(O)cc1O)C(=O)NCCc1ccc(O)c(O)c1)OCc1ccccc1. The van der Waals surface area contributed by atoms with Crippen LogP contribution in [0.15, 0.2) is 60.7 Å². The summed E-state index contributed by atoms with van der Waals surface area (Å²) in [5, 5.41) is 56.5. The van der Waals surface area contributed by atoms with Gasteiger partial charge in [-0.2, -0.15) is 0 Å². The molecule has 0 bridgehead atoms. The van der Waals surface area contributed by atoms with E-state index in [2.05, 4.69) is 16.0 Å². The van der Waals surface area contributed by atoms with Crippen LogP contribution in [0.4, 0.5) is 4.79 Å². The number of hydrogen-bond donors (Lipinski definition) is 8. The molecule has 218 valence electrons. The number of nitrogens with one attached hydrogen (secondary N) is 3. The van der Waals surface area contributed by atoms with Crippen LogP contribution in [-0.4, -0.2) is 62.6 Å². The highest BCUT2D eigenvalue weighted by molar-refractivity contribution is 6.02. The van der Waals surface area contributed by atoms with Gasteiger partial charge in [-0.1, -0.05) is 36.4 Å². The van der Waals surface area contributed by atoms with Crippen molar-refractivity contribution >= 4 is 17.9 Å². The summed E-state index contributed by atoms with van der Waals surface area (Å²) in [6.45, 7) is 0.543. The van der Waals surface area contributed by atoms with Crippen molar-refractivity contribution in [2.45, 2.75) is 38.3 Å². The van der Waals surface area contributed by atoms with Gasteiger partial charge in [0.05, 0.1) is 0 Å². The average Bonchev–Trinajstić information content (AvgIpc) is 2.93. The Labute approximate surface area is 236 Å². The molecule has 3 aromatic rings. The number of unbranched alkanes of at least 4 members (excludes halogenated alkanes) is 1. The number of phenolic OH excluding ortho intramolecular Hbond substituents is 5. The van der Waals surface area contributed by atoms with Gasteiger partial charge in [-0.15, -0.1) is 0 Å². The van der Waals surface area contributed by atoms with Gasteiger partial charge in [0.15, 0.2) is 11.5 Å². The molecule has 8 N–H and O–H groups in total. The highest BCUT2D eigenvalue weighted by atomic mass is 16.5. The maximum atomic E-state index is 13.0. The Bertz CT molecular complexity index is 1330. The number of benzene rings is 3. The van der Waals surface area contributed by atoms with Gasteiger partial charge in [-0.25, -0.2) is 4.79 Å². The molecular formula is C29H33N3O9. The molecule has 12 heteroatoms. The number of rotatable bonds is 13. The topological polar surface area (TPSA) is 198 Å². The lowest BCUT2D eigenvalue weighted by molar-refractivity contribution is -0.123. The second kappa shape index (κ2) is 14.9. The maximum Gasteiger partial charge on any atom is 0.407 e. The number of phenols is 5. The predicted octanol–water partition coefficient (Wildman–Crippen LogP) is 2.77. The monoisotopic (exact) mass is 567 g/mol. The lowest BCUT2D eigenvalue weighted by atomic mass is 10.1. The smallest absolute Gasteiger partial charge is 0.407 e. The second-order valence-corrected chi connectivity index (χ2v) is 9.23. The third kappa shape index (κ3) is 9.53. The van der Waals surface area contributed by atoms with Gasteiger partial charge >= 0.3 is 6.09 Å². The van der Waals surface area contributed by atoms with Crippen molar-refractivity contribution in [1.29, 1.82) is 0 Å². The van der Waals surface area contributed by atoms with E-state index in [0.717, 1.165) is 17.7 Å². The molecule has 3 rings (SSSR count). The molecule has 0 spiro atoms. The number of aromatic hydroxyl groups is 5. The molecule has 0 radical (unpaired) electrons. The number of hydrogen-bond acceptors (Lipinski definition) is 9. The van der Waals surface area contributed by atoms with E-state index in [9.17, 15) is 39.9 Å². The zero-order valence-electron chi connectivity index (χ0n) is 22.2. The first-order valence-electron chi connectivity index (χ1n) is 12.9.